The molecule has 0 aliphatic carbocycles. The molecule has 1 aromatic carbocycles. The van der Waals surface area contributed by atoms with E-state index in [0.717, 1.165) is 10.5 Å². The summed E-state index contributed by atoms with van der Waals surface area (Å²) in [4.78, 5) is 40.3. The van der Waals surface area contributed by atoms with Crippen molar-refractivity contribution in [1.82, 2.24) is 10.2 Å². The number of aromatic amines is 1. The highest BCUT2D eigenvalue weighted by atomic mass is 16.2. The average Bonchev–Trinajstić information content (AvgIpc) is 2.83. The van der Waals surface area contributed by atoms with Gasteiger partial charge in [0.05, 0.1) is 11.1 Å². The van der Waals surface area contributed by atoms with Crippen molar-refractivity contribution in [3.05, 3.63) is 65.5 Å². The molecule has 1 aromatic heterocycles. The second-order valence-electron chi connectivity index (χ2n) is 5.25. The molecule has 1 aliphatic heterocycles. The van der Waals surface area contributed by atoms with E-state index in [1.165, 1.54) is 0 Å². The van der Waals surface area contributed by atoms with Gasteiger partial charge < -0.3 is 5.32 Å². The minimum atomic E-state index is -0.337. The number of benzene rings is 1. The molecular weight excluding hydrogens is 294 g/mol. The van der Waals surface area contributed by atoms with Crippen molar-refractivity contribution < 1.29 is 19.4 Å². The molecule has 3 amide bonds. The van der Waals surface area contributed by atoms with Crippen LogP contribution in [-0.2, 0) is 11.3 Å². The molecule has 0 saturated heterocycles. The third-order valence-corrected chi connectivity index (χ3v) is 3.70. The van der Waals surface area contributed by atoms with E-state index in [4.69, 9.17) is 0 Å². The Kier molecular flexibility index (Phi) is 4.14. The van der Waals surface area contributed by atoms with Crippen LogP contribution >= 0.6 is 0 Å². The first-order chi connectivity index (χ1) is 11.2. The molecule has 3 rings (SSSR count). The lowest BCUT2D eigenvalue weighted by atomic mass is 10.1. The van der Waals surface area contributed by atoms with Gasteiger partial charge in [-0.2, -0.15) is 0 Å². The van der Waals surface area contributed by atoms with Crippen LogP contribution in [0.15, 0.2) is 48.8 Å². The van der Waals surface area contributed by atoms with Gasteiger partial charge in [0, 0.05) is 31.1 Å². The van der Waals surface area contributed by atoms with Gasteiger partial charge in [-0.3, -0.25) is 19.3 Å². The lowest BCUT2D eigenvalue weighted by Crippen LogP contribution is -2.34. The van der Waals surface area contributed by atoms with Crippen molar-refractivity contribution in [2.24, 2.45) is 0 Å². The summed E-state index contributed by atoms with van der Waals surface area (Å²) in [5, 5.41) is 2.77. The van der Waals surface area contributed by atoms with Crippen LogP contribution in [0.2, 0.25) is 0 Å². The number of fused-ring (bicyclic) bond motifs is 1. The number of nitrogens with one attached hydrogen (secondary N) is 2. The molecule has 0 fully saturated rings. The fourth-order valence-corrected chi connectivity index (χ4v) is 2.49. The Bertz CT molecular complexity index is 724. The van der Waals surface area contributed by atoms with Crippen LogP contribution in [0.5, 0.6) is 0 Å². The lowest BCUT2D eigenvalue weighted by molar-refractivity contribution is -0.378. The molecule has 0 saturated carbocycles. The molecule has 2 N–H and O–H groups in total. The molecule has 116 valence electrons. The number of rotatable bonds is 5. The topological polar surface area (TPSA) is 80.6 Å². The molecule has 6 heteroatoms. The van der Waals surface area contributed by atoms with E-state index in [1.54, 1.807) is 36.7 Å². The minimum Gasteiger partial charge on any atom is -0.352 e. The van der Waals surface area contributed by atoms with Crippen molar-refractivity contribution in [2.75, 3.05) is 6.54 Å². The summed E-state index contributed by atoms with van der Waals surface area (Å²) >= 11 is 0. The van der Waals surface area contributed by atoms with Gasteiger partial charge >= 0.3 is 0 Å². The number of amides is 3. The quantitative estimate of drug-likeness (QED) is 0.830. The number of aromatic nitrogens is 1. The van der Waals surface area contributed by atoms with Crippen LogP contribution in [0.1, 0.15) is 32.7 Å². The van der Waals surface area contributed by atoms with Gasteiger partial charge in [-0.15, -0.1) is 0 Å². The first-order valence-electron chi connectivity index (χ1n) is 7.34. The summed E-state index contributed by atoms with van der Waals surface area (Å²) in [6.07, 6.45) is 3.67. The molecule has 0 radical (unpaired) electrons. The summed E-state index contributed by atoms with van der Waals surface area (Å²) in [6, 6.07) is 10.4. The Hall–Kier alpha value is -3.02. The Balaban J connectivity index is 1.54. The van der Waals surface area contributed by atoms with Crippen molar-refractivity contribution in [2.45, 2.75) is 13.0 Å². The zero-order valence-corrected chi connectivity index (χ0v) is 12.4. The van der Waals surface area contributed by atoms with Crippen LogP contribution in [0, 0.1) is 0 Å². The molecule has 6 nitrogen and oxygen atoms in total. The Labute approximate surface area is 133 Å². The van der Waals surface area contributed by atoms with Crippen LogP contribution in [-0.4, -0.2) is 29.2 Å². The maximum absolute atomic E-state index is 12.2. The summed E-state index contributed by atoms with van der Waals surface area (Å²) in [6.45, 7) is 0.484. The molecule has 0 spiro atoms. The third-order valence-electron chi connectivity index (χ3n) is 3.70. The zero-order valence-electron chi connectivity index (χ0n) is 12.4. The monoisotopic (exact) mass is 310 g/mol. The Morgan fingerprint density at radius 1 is 1.04 bits per heavy atom. The first-order valence-corrected chi connectivity index (χ1v) is 7.34. The number of carbonyl (C=O) groups is 3. The van der Waals surface area contributed by atoms with E-state index in [0.29, 0.717) is 17.7 Å². The number of carbonyl (C=O) groups excluding carboxylic acids is 3. The standard InChI is InChI=1S/C17H15N3O3/c21-15(19-11-12-4-3-8-18-10-12)7-9-20-16(22)13-5-1-2-6-14(13)17(20)23/h1-6,8,10H,7,9,11H2,(H,19,21)/p+1. The van der Waals surface area contributed by atoms with Gasteiger partial charge in [0.1, 0.15) is 0 Å². The van der Waals surface area contributed by atoms with Gasteiger partial charge in [0.15, 0.2) is 12.4 Å². The molecule has 23 heavy (non-hydrogen) atoms. The first kappa shape index (κ1) is 14.9. The van der Waals surface area contributed by atoms with E-state index < -0.39 is 0 Å². The van der Waals surface area contributed by atoms with Crippen LogP contribution in [0.4, 0.5) is 0 Å². The lowest BCUT2D eigenvalue weighted by Gasteiger charge is -2.13. The predicted molar refractivity (Wildman–Crippen MR) is 81.3 cm³/mol. The summed E-state index contributed by atoms with van der Waals surface area (Å²) in [5.74, 6) is -0.877. The highest BCUT2D eigenvalue weighted by Gasteiger charge is 2.34. The van der Waals surface area contributed by atoms with Gasteiger partial charge in [0.25, 0.3) is 11.8 Å². The van der Waals surface area contributed by atoms with Crippen molar-refractivity contribution in [1.29, 1.82) is 0 Å². The maximum Gasteiger partial charge on any atom is 0.261 e. The zero-order chi connectivity index (χ0) is 16.2. The minimum absolute atomic E-state index is 0.0824. The summed E-state index contributed by atoms with van der Waals surface area (Å²) in [5.41, 5.74) is 1.75. The second kappa shape index (κ2) is 6.39. The predicted octanol–water partition coefficient (Wildman–Crippen LogP) is 0.803. The highest BCUT2D eigenvalue weighted by Crippen LogP contribution is 2.22. The second-order valence-corrected chi connectivity index (χ2v) is 5.25. The third kappa shape index (κ3) is 3.11. The number of hydrogen-bond acceptors (Lipinski definition) is 3. The van der Waals surface area contributed by atoms with E-state index >= 15 is 0 Å². The molecule has 1 aliphatic rings. The van der Waals surface area contributed by atoms with Crippen molar-refractivity contribution in [3.8, 4) is 0 Å². The number of imide groups is 1. The largest absolute Gasteiger partial charge is 0.352 e. The van der Waals surface area contributed by atoms with Crippen LogP contribution < -0.4 is 10.3 Å². The molecule has 2 aromatic rings. The number of pyridine rings is 1. The Morgan fingerprint density at radius 2 is 1.74 bits per heavy atom. The van der Waals surface area contributed by atoms with Crippen LogP contribution in [0.3, 0.4) is 0 Å². The SMILES string of the molecule is O=C(CCN1C(=O)c2ccccc2C1=O)NCc1ccc[nH+]c1. The number of hydrogen-bond donors (Lipinski definition) is 1. The van der Waals surface area contributed by atoms with E-state index in [2.05, 4.69) is 10.3 Å². The van der Waals surface area contributed by atoms with Crippen molar-refractivity contribution in [3.63, 3.8) is 0 Å². The molecule has 0 atom stereocenters. The van der Waals surface area contributed by atoms with Crippen LogP contribution in [0.25, 0.3) is 0 Å². The van der Waals surface area contributed by atoms with Gasteiger partial charge in [0.2, 0.25) is 5.91 Å². The molecule has 0 unspecified atom stereocenters. The molecule has 0 bridgehead atoms. The molecular formula is C17H16N3O3+. The van der Waals surface area contributed by atoms with E-state index in [1.807, 2.05) is 12.1 Å². The van der Waals surface area contributed by atoms with Gasteiger partial charge in [-0.25, -0.2) is 4.98 Å². The summed E-state index contributed by atoms with van der Waals surface area (Å²) in [7, 11) is 0. The fraction of sp³-hybridized carbons (Fsp3) is 0.176. The average molecular weight is 310 g/mol. The summed E-state index contributed by atoms with van der Waals surface area (Å²) < 4.78 is 0. The fourth-order valence-electron chi connectivity index (χ4n) is 2.49. The number of nitrogens with zero attached hydrogens (tertiary/aromatic N) is 1. The molecule has 2 heterocycles. The normalized spacial score (nSPS) is 13.1. The van der Waals surface area contributed by atoms with Gasteiger partial charge in [-0.05, 0) is 18.2 Å². The smallest absolute Gasteiger partial charge is 0.261 e. The number of H-pyrrole nitrogens is 1. The van der Waals surface area contributed by atoms with E-state index in [9.17, 15) is 14.4 Å². The van der Waals surface area contributed by atoms with Gasteiger partial charge in [-0.1, -0.05) is 12.1 Å². The maximum atomic E-state index is 12.2. The highest BCUT2D eigenvalue weighted by molar-refractivity contribution is 6.21. The van der Waals surface area contributed by atoms with E-state index in [-0.39, 0.29) is 30.7 Å². The Morgan fingerprint density at radius 3 is 2.35 bits per heavy atom. The van der Waals surface area contributed by atoms with Crippen molar-refractivity contribution >= 4 is 17.7 Å².